The molecular formula is C12H15F2N3O4. The molecule has 0 aromatic heterocycles. The van der Waals surface area contributed by atoms with Gasteiger partial charge < -0.3 is 15.4 Å². The molecule has 2 amide bonds. The minimum absolute atomic E-state index is 0.192. The van der Waals surface area contributed by atoms with Gasteiger partial charge in [0.25, 0.3) is 5.69 Å². The van der Waals surface area contributed by atoms with Crippen molar-refractivity contribution in [1.82, 2.24) is 5.32 Å². The van der Waals surface area contributed by atoms with Crippen molar-refractivity contribution in [2.45, 2.75) is 20.5 Å². The van der Waals surface area contributed by atoms with E-state index in [1.54, 1.807) is 0 Å². The van der Waals surface area contributed by atoms with Crippen LogP contribution in [0.15, 0.2) is 18.2 Å². The molecule has 21 heavy (non-hydrogen) atoms. The summed E-state index contributed by atoms with van der Waals surface area (Å²) in [5.41, 5.74) is -0.554. The van der Waals surface area contributed by atoms with Gasteiger partial charge in [0.1, 0.15) is 5.75 Å². The van der Waals surface area contributed by atoms with E-state index < -0.39 is 17.6 Å². The zero-order valence-electron chi connectivity index (χ0n) is 11.4. The lowest BCUT2D eigenvalue weighted by Gasteiger charge is -2.13. The molecule has 1 aromatic carbocycles. The molecule has 0 aliphatic carbocycles. The highest BCUT2D eigenvalue weighted by molar-refractivity contribution is 5.91. The molecule has 0 radical (unpaired) electrons. The maximum atomic E-state index is 12.3. The number of nitrogens with zero attached hydrogens (tertiary/aromatic N) is 1. The SMILES string of the molecule is CC(C)CNC(=O)Nc1cc([N+](=O)[O-])ccc1OC(F)F. The number of hydrogen-bond donors (Lipinski definition) is 2. The number of rotatable bonds is 6. The van der Waals surface area contributed by atoms with Crippen LogP contribution in [0.3, 0.4) is 0 Å². The van der Waals surface area contributed by atoms with E-state index in [9.17, 15) is 23.7 Å². The first-order chi connectivity index (χ1) is 9.79. The zero-order chi connectivity index (χ0) is 16.0. The maximum Gasteiger partial charge on any atom is 0.387 e. The number of hydrogen-bond acceptors (Lipinski definition) is 4. The Hall–Kier alpha value is -2.45. The van der Waals surface area contributed by atoms with Gasteiger partial charge in [-0.1, -0.05) is 13.8 Å². The Labute approximate surface area is 119 Å². The van der Waals surface area contributed by atoms with Gasteiger partial charge in [-0.3, -0.25) is 10.1 Å². The van der Waals surface area contributed by atoms with Gasteiger partial charge >= 0.3 is 12.6 Å². The molecule has 1 aromatic rings. The number of carbonyl (C=O) groups is 1. The molecule has 0 aliphatic rings. The number of carbonyl (C=O) groups excluding carboxylic acids is 1. The first kappa shape index (κ1) is 16.6. The Balaban J connectivity index is 2.91. The van der Waals surface area contributed by atoms with Crippen LogP contribution in [0, 0.1) is 16.0 Å². The van der Waals surface area contributed by atoms with E-state index in [4.69, 9.17) is 0 Å². The fourth-order valence-electron chi connectivity index (χ4n) is 1.39. The summed E-state index contributed by atoms with van der Waals surface area (Å²) in [6, 6.07) is 2.30. The summed E-state index contributed by atoms with van der Waals surface area (Å²) in [6.45, 7) is 1.01. The number of nitro groups is 1. The van der Waals surface area contributed by atoms with Crippen LogP contribution in [0.4, 0.5) is 25.0 Å². The first-order valence-electron chi connectivity index (χ1n) is 6.07. The van der Waals surface area contributed by atoms with Crippen LogP contribution in [0.25, 0.3) is 0 Å². The molecule has 0 fully saturated rings. The Kier molecular flexibility index (Phi) is 5.82. The van der Waals surface area contributed by atoms with Crippen molar-refractivity contribution in [2.75, 3.05) is 11.9 Å². The number of nitro benzene ring substituents is 1. The number of alkyl halides is 2. The van der Waals surface area contributed by atoms with E-state index in [2.05, 4.69) is 15.4 Å². The molecule has 116 valence electrons. The van der Waals surface area contributed by atoms with Crippen molar-refractivity contribution in [2.24, 2.45) is 5.92 Å². The predicted molar refractivity (Wildman–Crippen MR) is 71.6 cm³/mol. The highest BCUT2D eigenvalue weighted by atomic mass is 19.3. The van der Waals surface area contributed by atoms with Crippen LogP contribution in [0.1, 0.15) is 13.8 Å². The van der Waals surface area contributed by atoms with Crippen molar-refractivity contribution in [3.05, 3.63) is 28.3 Å². The largest absolute Gasteiger partial charge is 0.433 e. The van der Waals surface area contributed by atoms with E-state index in [0.29, 0.717) is 6.54 Å². The molecule has 0 unspecified atom stereocenters. The fourth-order valence-corrected chi connectivity index (χ4v) is 1.39. The summed E-state index contributed by atoms with van der Waals surface area (Å²) in [6.07, 6.45) is 0. The summed E-state index contributed by atoms with van der Waals surface area (Å²) in [5.74, 6) is -0.159. The quantitative estimate of drug-likeness (QED) is 0.624. The van der Waals surface area contributed by atoms with Gasteiger partial charge in [-0.2, -0.15) is 8.78 Å². The van der Waals surface area contributed by atoms with Gasteiger partial charge in [-0.05, 0) is 12.0 Å². The lowest BCUT2D eigenvalue weighted by molar-refractivity contribution is -0.384. The number of urea groups is 1. The third-order valence-electron chi connectivity index (χ3n) is 2.31. The highest BCUT2D eigenvalue weighted by Gasteiger charge is 2.16. The van der Waals surface area contributed by atoms with Gasteiger partial charge in [0, 0.05) is 18.7 Å². The number of anilines is 1. The topological polar surface area (TPSA) is 93.5 Å². The number of amides is 2. The molecule has 1 rings (SSSR count). The van der Waals surface area contributed by atoms with Crippen molar-refractivity contribution < 1.29 is 23.2 Å². The third kappa shape index (κ3) is 5.59. The fraction of sp³-hybridized carbons (Fsp3) is 0.417. The van der Waals surface area contributed by atoms with Crippen LogP contribution in [-0.2, 0) is 0 Å². The minimum atomic E-state index is -3.11. The summed E-state index contributed by atoms with van der Waals surface area (Å²) >= 11 is 0. The van der Waals surface area contributed by atoms with Crippen molar-refractivity contribution in [3.63, 3.8) is 0 Å². The standard InChI is InChI=1S/C12H15F2N3O4/c1-7(2)6-15-12(18)16-9-5-8(17(19)20)3-4-10(9)21-11(13)14/h3-5,7,11H,6H2,1-2H3,(H2,15,16,18). The van der Waals surface area contributed by atoms with Gasteiger partial charge in [0.05, 0.1) is 10.6 Å². The normalized spacial score (nSPS) is 10.6. The average Bonchev–Trinajstić information content (AvgIpc) is 2.37. The van der Waals surface area contributed by atoms with Gasteiger partial charge in [0.2, 0.25) is 0 Å². The summed E-state index contributed by atoms with van der Waals surface area (Å²) < 4.78 is 28.7. The number of ether oxygens (including phenoxy) is 1. The minimum Gasteiger partial charge on any atom is -0.433 e. The molecule has 0 spiro atoms. The Morgan fingerprint density at radius 3 is 2.62 bits per heavy atom. The Morgan fingerprint density at radius 1 is 1.43 bits per heavy atom. The van der Waals surface area contributed by atoms with Crippen LogP contribution < -0.4 is 15.4 Å². The summed E-state index contributed by atoms with van der Waals surface area (Å²) in [4.78, 5) is 21.6. The number of benzene rings is 1. The van der Waals surface area contributed by atoms with Gasteiger partial charge in [-0.25, -0.2) is 4.79 Å². The van der Waals surface area contributed by atoms with Crippen molar-refractivity contribution in [1.29, 1.82) is 0 Å². The van der Waals surface area contributed by atoms with Crippen molar-refractivity contribution >= 4 is 17.4 Å². The van der Waals surface area contributed by atoms with E-state index >= 15 is 0 Å². The molecule has 0 atom stereocenters. The number of non-ortho nitro benzene ring substituents is 1. The average molecular weight is 303 g/mol. The lowest BCUT2D eigenvalue weighted by Crippen LogP contribution is -2.31. The van der Waals surface area contributed by atoms with E-state index in [1.165, 1.54) is 0 Å². The van der Waals surface area contributed by atoms with Crippen molar-refractivity contribution in [3.8, 4) is 5.75 Å². The molecule has 0 saturated carbocycles. The summed E-state index contributed by atoms with van der Waals surface area (Å²) in [7, 11) is 0. The smallest absolute Gasteiger partial charge is 0.387 e. The monoisotopic (exact) mass is 303 g/mol. The Bertz CT molecular complexity index is 523. The predicted octanol–water partition coefficient (Wildman–Crippen LogP) is 2.97. The second-order valence-electron chi connectivity index (χ2n) is 4.54. The van der Waals surface area contributed by atoms with Crippen LogP contribution in [0.5, 0.6) is 5.75 Å². The van der Waals surface area contributed by atoms with Gasteiger partial charge in [0.15, 0.2) is 0 Å². The third-order valence-corrected chi connectivity index (χ3v) is 2.31. The second kappa shape index (κ2) is 7.36. The van der Waals surface area contributed by atoms with E-state index in [0.717, 1.165) is 18.2 Å². The molecule has 0 heterocycles. The van der Waals surface area contributed by atoms with Crippen LogP contribution in [0.2, 0.25) is 0 Å². The zero-order valence-corrected chi connectivity index (χ0v) is 11.4. The van der Waals surface area contributed by atoms with E-state index in [-0.39, 0.29) is 23.0 Å². The van der Waals surface area contributed by atoms with Crippen LogP contribution in [-0.4, -0.2) is 24.1 Å². The molecule has 7 nitrogen and oxygen atoms in total. The first-order valence-corrected chi connectivity index (χ1v) is 6.07. The molecule has 2 N–H and O–H groups in total. The number of nitrogens with one attached hydrogen (secondary N) is 2. The number of halogens is 2. The molecule has 0 saturated heterocycles. The molecular weight excluding hydrogens is 288 g/mol. The van der Waals surface area contributed by atoms with Crippen LogP contribution >= 0.6 is 0 Å². The summed E-state index contributed by atoms with van der Waals surface area (Å²) in [5, 5.41) is 15.4. The maximum absolute atomic E-state index is 12.3. The highest BCUT2D eigenvalue weighted by Crippen LogP contribution is 2.30. The molecule has 0 aliphatic heterocycles. The Morgan fingerprint density at radius 2 is 2.10 bits per heavy atom. The lowest BCUT2D eigenvalue weighted by atomic mass is 10.2. The second-order valence-corrected chi connectivity index (χ2v) is 4.54. The van der Waals surface area contributed by atoms with Gasteiger partial charge in [-0.15, -0.1) is 0 Å². The van der Waals surface area contributed by atoms with E-state index in [1.807, 2.05) is 13.8 Å². The molecule has 9 heteroatoms. The molecule has 0 bridgehead atoms.